The lowest BCUT2D eigenvalue weighted by Gasteiger charge is -2.33. The zero-order valence-corrected chi connectivity index (χ0v) is 9.48. The number of carbonyl (C=O) groups excluding carboxylic acids is 1. The Hall–Kier alpha value is -0.610. The van der Waals surface area contributed by atoms with E-state index in [0.717, 1.165) is 32.4 Å². The maximum absolute atomic E-state index is 11.6. The minimum absolute atomic E-state index is 0.212. The molecule has 0 aromatic carbocycles. The van der Waals surface area contributed by atoms with E-state index in [0.29, 0.717) is 18.9 Å². The highest BCUT2D eigenvalue weighted by Gasteiger charge is 2.24. The zero-order chi connectivity index (χ0) is 11.3. The van der Waals surface area contributed by atoms with Crippen molar-refractivity contribution in [2.75, 3.05) is 19.6 Å². The van der Waals surface area contributed by atoms with Crippen molar-refractivity contribution >= 4 is 5.91 Å². The molecule has 0 aromatic heterocycles. The van der Waals surface area contributed by atoms with Gasteiger partial charge in [-0.15, -0.1) is 0 Å². The van der Waals surface area contributed by atoms with Gasteiger partial charge >= 0.3 is 0 Å². The summed E-state index contributed by atoms with van der Waals surface area (Å²) in [7, 11) is 0. The Kier molecular flexibility index (Phi) is 5.05. The molecule has 0 bridgehead atoms. The van der Waals surface area contributed by atoms with Gasteiger partial charge in [0.05, 0.1) is 6.10 Å². The highest BCUT2D eigenvalue weighted by molar-refractivity contribution is 5.76. The van der Waals surface area contributed by atoms with Crippen molar-refractivity contribution < 1.29 is 9.90 Å². The van der Waals surface area contributed by atoms with Gasteiger partial charge in [-0.05, 0) is 38.6 Å². The quantitative estimate of drug-likeness (QED) is 0.709. The van der Waals surface area contributed by atoms with Crippen molar-refractivity contribution in [2.45, 2.75) is 38.7 Å². The summed E-state index contributed by atoms with van der Waals surface area (Å²) >= 11 is 0. The number of likely N-dealkylation sites (tertiary alicyclic amines) is 1. The summed E-state index contributed by atoms with van der Waals surface area (Å²) in [5, 5.41) is 9.42. The largest absolute Gasteiger partial charge is 0.393 e. The Bertz CT molecular complexity index is 199. The van der Waals surface area contributed by atoms with Crippen molar-refractivity contribution in [3.8, 4) is 0 Å². The second-order valence-electron chi connectivity index (χ2n) is 4.35. The highest BCUT2D eigenvalue weighted by Crippen LogP contribution is 2.20. The molecule has 3 N–H and O–H groups in total. The fourth-order valence-electron chi connectivity index (χ4n) is 2.04. The Labute approximate surface area is 91.4 Å². The molecule has 1 saturated heterocycles. The zero-order valence-electron chi connectivity index (χ0n) is 9.48. The molecule has 1 aliphatic heterocycles. The van der Waals surface area contributed by atoms with E-state index in [2.05, 4.69) is 0 Å². The number of hydrogen-bond acceptors (Lipinski definition) is 3. The second-order valence-corrected chi connectivity index (χ2v) is 4.35. The van der Waals surface area contributed by atoms with Gasteiger partial charge in [-0.3, -0.25) is 4.79 Å². The van der Waals surface area contributed by atoms with Crippen LogP contribution in [0.4, 0.5) is 0 Å². The van der Waals surface area contributed by atoms with E-state index < -0.39 is 0 Å². The molecule has 0 aliphatic carbocycles. The first kappa shape index (κ1) is 12.5. The number of rotatable bonds is 4. The third-order valence-corrected chi connectivity index (χ3v) is 3.17. The summed E-state index contributed by atoms with van der Waals surface area (Å²) in [4.78, 5) is 13.5. The number of nitrogens with two attached hydrogens (primary N) is 1. The highest BCUT2D eigenvalue weighted by atomic mass is 16.3. The van der Waals surface area contributed by atoms with Crippen molar-refractivity contribution in [1.82, 2.24) is 4.90 Å². The minimum atomic E-state index is -0.244. The van der Waals surface area contributed by atoms with Crippen LogP contribution in [0.15, 0.2) is 0 Å². The summed E-state index contributed by atoms with van der Waals surface area (Å²) < 4.78 is 0. The maximum atomic E-state index is 11.6. The Morgan fingerprint density at radius 1 is 1.53 bits per heavy atom. The van der Waals surface area contributed by atoms with Gasteiger partial charge < -0.3 is 15.7 Å². The number of aliphatic hydroxyl groups excluding tert-OH is 1. The summed E-state index contributed by atoms with van der Waals surface area (Å²) in [6.07, 6.45) is 2.94. The van der Waals surface area contributed by atoms with Gasteiger partial charge in [-0.25, -0.2) is 0 Å². The fourth-order valence-corrected chi connectivity index (χ4v) is 2.04. The first-order chi connectivity index (χ1) is 7.15. The molecule has 15 heavy (non-hydrogen) atoms. The van der Waals surface area contributed by atoms with E-state index in [-0.39, 0.29) is 12.0 Å². The third kappa shape index (κ3) is 3.80. The fraction of sp³-hybridized carbons (Fsp3) is 0.909. The number of piperidine rings is 1. The van der Waals surface area contributed by atoms with Crippen molar-refractivity contribution in [3.63, 3.8) is 0 Å². The molecule has 1 heterocycles. The normalized spacial score (nSPS) is 20.3. The van der Waals surface area contributed by atoms with Gasteiger partial charge in [-0.1, -0.05) is 0 Å². The molecule has 1 amide bonds. The van der Waals surface area contributed by atoms with Crippen molar-refractivity contribution in [2.24, 2.45) is 11.7 Å². The van der Waals surface area contributed by atoms with E-state index in [1.54, 1.807) is 0 Å². The van der Waals surface area contributed by atoms with Crippen LogP contribution < -0.4 is 5.73 Å². The molecule has 88 valence electrons. The molecule has 0 saturated carbocycles. The summed E-state index contributed by atoms with van der Waals surface area (Å²) in [5.74, 6) is 0.577. The van der Waals surface area contributed by atoms with Crippen molar-refractivity contribution in [3.05, 3.63) is 0 Å². The molecule has 1 unspecified atom stereocenters. The van der Waals surface area contributed by atoms with Crippen LogP contribution in [0.2, 0.25) is 0 Å². The van der Waals surface area contributed by atoms with Crippen LogP contribution in [-0.4, -0.2) is 41.7 Å². The average Bonchev–Trinajstić information content (AvgIpc) is 2.26. The predicted molar refractivity (Wildman–Crippen MR) is 59.3 cm³/mol. The Balaban J connectivity index is 2.27. The third-order valence-electron chi connectivity index (χ3n) is 3.17. The van der Waals surface area contributed by atoms with Crippen LogP contribution in [-0.2, 0) is 4.79 Å². The van der Waals surface area contributed by atoms with Crippen molar-refractivity contribution in [1.29, 1.82) is 0 Å². The number of carbonyl (C=O) groups is 1. The lowest BCUT2D eigenvalue weighted by molar-refractivity contribution is -0.133. The van der Waals surface area contributed by atoms with Crippen LogP contribution in [0.25, 0.3) is 0 Å². The molecule has 0 radical (unpaired) electrons. The number of amides is 1. The van der Waals surface area contributed by atoms with E-state index >= 15 is 0 Å². The van der Waals surface area contributed by atoms with Crippen LogP contribution in [0.5, 0.6) is 0 Å². The van der Waals surface area contributed by atoms with E-state index in [9.17, 15) is 9.90 Å². The van der Waals surface area contributed by atoms with Gasteiger partial charge in [0, 0.05) is 19.5 Å². The van der Waals surface area contributed by atoms with Crippen LogP contribution in [0, 0.1) is 5.92 Å². The van der Waals surface area contributed by atoms with Gasteiger partial charge in [-0.2, -0.15) is 0 Å². The second kappa shape index (κ2) is 6.08. The molecule has 1 aliphatic rings. The molecule has 4 heteroatoms. The van der Waals surface area contributed by atoms with Gasteiger partial charge in [0.2, 0.25) is 5.91 Å². The summed E-state index contributed by atoms with van der Waals surface area (Å²) in [6, 6.07) is 0. The van der Waals surface area contributed by atoms with E-state index in [1.165, 1.54) is 0 Å². The van der Waals surface area contributed by atoms with E-state index in [4.69, 9.17) is 5.73 Å². The number of hydrogen-bond donors (Lipinski definition) is 2. The monoisotopic (exact) mass is 214 g/mol. The van der Waals surface area contributed by atoms with Gasteiger partial charge in [0.25, 0.3) is 0 Å². The van der Waals surface area contributed by atoms with Gasteiger partial charge in [0.15, 0.2) is 0 Å². The number of aliphatic hydroxyl groups is 1. The predicted octanol–water partition coefficient (Wildman–Crippen LogP) is 0.345. The summed E-state index contributed by atoms with van der Waals surface area (Å²) in [5.41, 5.74) is 5.36. The van der Waals surface area contributed by atoms with Gasteiger partial charge in [0.1, 0.15) is 0 Å². The van der Waals surface area contributed by atoms with E-state index in [1.807, 2.05) is 11.8 Å². The summed E-state index contributed by atoms with van der Waals surface area (Å²) in [6.45, 7) is 3.99. The maximum Gasteiger partial charge on any atom is 0.222 e. The van der Waals surface area contributed by atoms with Crippen LogP contribution >= 0.6 is 0 Å². The molecule has 1 rings (SSSR count). The molecule has 4 nitrogen and oxygen atoms in total. The molecular formula is C11H22N2O2. The topological polar surface area (TPSA) is 66.6 Å². The minimum Gasteiger partial charge on any atom is -0.393 e. The Morgan fingerprint density at radius 2 is 2.13 bits per heavy atom. The lowest BCUT2D eigenvalue weighted by atomic mass is 9.92. The average molecular weight is 214 g/mol. The van der Waals surface area contributed by atoms with Crippen LogP contribution in [0.3, 0.4) is 0 Å². The standard InChI is InChI=1S/C11H22N2O2/c1-9(14)10-4-7-13(8-5-10)11(15)3-2-6-12/h9-10,14H,2-8,12H2,1H3. The molecule has 0 spiro atoms. The lowest BCUT2D eigenvalue weighted by Crippen LogP contribution is -2.40. The number of nitrogens with zero attached hydrogens (tertiary/aromatic N) is 1. The SMILES string of the molecule is CC(O)C1CCN(C(=O)CCCN)CC1. The van der Waals surface area contributed by atoms with Crippen LogP contribution in [0.1, 0.15) is 32.6 Å². The first-order valence-corrected chi connectivity index (χ1v) is 5.81. The first-order valence-electron chi connectivity index (χ1n) is 5.81. The molecule has 1 atom stereocenters. The Morgan fingerprint density at radius 3 is 2.60 bits per heavy atom. The molecule has 0 aromatic rings. The molecule has 1 fully saturated rings. The molecular weight excluding hydrogens is 192 g/mol. The smallest absolute Gasteiger partial charge is 0.222 e.